The van der Waals surface area contributed by atoms with E-state index in [0.29, 0.717) is 0 Å². The van der Waals surface area contributed by atoms with Gasteiger partial charge in [-0.3, -0.25) is 0 Å². The van der Waals surface area contributed by atoms with Crippen LogP contribution in [0.2, 0.25) is 0 Å². The van der Waals surface area contributed by atoms with Crippen LogP contribution in [0.3, 0.4) is 0 Å². The number of hydrogen-bond acceptors (Lipinski definition) is 1. The SMILES string of the molecule is CC(O)CC1CCCCC1C. The molecule has 0 aromatic rings. The summed E-state index contributed by atoms with van der Waals surface area (Å²) in [6.45, 7) is 4.23. The highest BCUT2D eigenvalue weighted by Gasteiger charge is 2.21. The minimum absolute atomic E-state index is 0.0967. The van der Waals surface area contributed by atoms with Crippen molar-refractivity contribution in [3.8, 4) is 0 Å². The minimum Gasteiger partial charge on any atom is -0.393 e. The maximum absolute atomic E-state index is 9.22. The van der Waals surface area contributed by atoms with E-state index in [0.717, 1.165) is 18.3 Å². The Bertz CT molecular complexity index is 109. The van der Waals surface area contributed by atoms with Gasteiger partial charge in [-0.25, -0.2) is 0 Å². The molecule has 0 aliphatic heterocycles. The Morgan fingerprint density at radius 3 is 2.55 bits per heavy atom. The van der Waals surface area contributed by atoms with Gasteiger partial charge in [-0.2, -0.15) is 0 Å². The van der Waals surface area contributed by atoms with Gasteiger partial charge in [0.1, 0.15) is 0 Å². The third-order valence-corrected chi connectivity index (χ3v) is 2.93. The molecule has 1 aliphatic carbocycles. The van der Waals surface area contributed by atoms with Crippen LogP contribution in [0.1, 0.15) is 46.0 Å². The first-order valence-electron chi connectivity index (χ1n) is 4.88. The van der Waals surface area contributed by atoms with Crippen LogP contribution in [-0.4, -0.2) is 11.2 Å². The average Bonchev–Trinajstić information content (AvgIpc) is 1.93. The summed E-state index contributed by atoms with van der Waals surface area (Å²) in [6, 6.07) is 0. The summed E-state index contributed by atoms with van der Waals surface area (Å²) in [5.74, 6) is 1.64. The van der Waals surface area contributed by atoms with E-state index in [-0.39, 0.29) is 6.10 Å². The third-order valence-electron chi connectivity index (χ3n) is 2.93. The van der Waals surface area contributed by atoms with Gasteiger partial charge in [0.15, 0.2) is 0 Å². The van der Waals surface area contributed by atoms with Crippen molar-refractivity contribution in [1.29, 1.82) is 0 Å². The first-order valence-corrected chi connectivity index (χ1v) is 4.88. The summed E-state index contributed by atoms with van der Waals surface area (Å²) in [4.78, 5) is 0. The monoisotopic (exact) mass is 156 g/mol. The van der Waals surface area contributed by atoms with Crippen molar-refractivity contribution in [1.82, 2.24) is 0 Å². The zero-order valence-corrected chi connectivity index (χ0v) is 7.71. The van der Waals surface area contributed by atoms with Gasteiger partial charge < -0.3 is 5.11 Å². The van der Waals surface area contributed by atoms with Crippen molar-refractivity contribution < 1.29 is 5.11 Å². The van der Waals surface area contributed by atoms with Gasteiger partial charge in [0.25, 0.3) is 0 Å². The predicted octanol–water partition coefficient (Wildman–Crippen LogP) is 2.58. The minimum atomic E-state index is -0.0967. The lowest BCUT2D eigenvalue weighted by Crippen LogP contribution is -2.20. The van der Waals surface area contributed by atoms with Crippen LogP contribution in [0.5, 0.6) is 0 Å². The molecule has 0 radical (unpaired) electrons. The quantitative estimate of drug-likeness (QED) is 0.651. The Morgan fingerprint density at radius 2 is 2.00 bits per heavy atom. The van der Waals surface area contributed by atoms with Crippen LogP contribution in [0.25, 0.3) is 0 Å². The lowest BCUT2D eigenvalue weighted by Gasteiger charge is -2.29. The van der Waals surface area contributed by atoms with Crippen molar-refractivity contribution >= 4 is 0 Å². The summed E-state index contributed by atoms with van der Waals surface area (Å²) in [6.07, 6.45) is 6.41. The van der Waals surface area contributed by atoms with Crippen LogP contribution >= 0.6 is 0 Å². The molecular formula is C10H20O. The molecule has 66 valence electrons. The summed E-state index contributed by atoms with van der Waals surface area (Å²) < 4.78 is 0. The molecule has 3 unspecified atom stereocenters. The molecule has 0 bridgehead atoms. The van der Waals surface area contributed by atoms with Gasteiger partial charge >= 0.3 is 0 Å². The van der Waals surface area contributed by atoms with Crippen molar-refractivity contribution in [3.05, 3.63) is 0 Å². The highest BCUT2D eigenvalue weighted by atomic mass is 16.3. The summed E-state index contributed by atoms with van der Waals surface area (Å²) in [5.41, 5.74) is 0. The van der Waals surface area contributed by atoms with Gasteiger partial charge in [0, 0.05) is 0 Å². The fraction of sp³-hybridized carbons (Fsp3) is 1.00. The first kappa shape index (κ1) is 9.05. The molecule has 1 fully saturated rings. The molecule has 1 rings (SSSR count). The van der Waals surface area contributed by atoms with Crippen LogP contribution in [0.4, 0.5) is 0 Å². The van der Waals surface area contributed by atoms with Gasteiger partial charge in [-0.1, -0.05) is 32.6 Å². The van der Waals surface area contributed by atoms with Crippen molar-refractivity contribution in [3.63, 3.8) is 0 Å². The van der Waals surface area contributed by atoms with Gasteiger partial charge in [-0.05, 0) is 25.2 Å². The molecule has 1 aliphatic rings. The van der Waals surface area contributed by atoms with Crippen LogP contribution < -0.4 is 0 Å². The molecule has 0 saturated heterocycles. The van der Waals surface area contributed by atoms with Crippen molar-refractivity contribution in [2.75, 3.05) is 0 Å². The van der Waals surface area contributed by atoms with Crippen LogP contribution in [0, 0.1) is 11.8 Å². The maximum atomic E-state index is 9.22. The third kappa shape index (κ3) is 2.82. The zero-order valence-electron chi connectivity index (χ0n) is 7.71. The van der Waals surface area contributed by atoms with E-state index < -0.39 is 0 Å². The Labute approximate surface area is 69.8 Å². The van der Waals surface area contributed by atoms with E-state index in [4.69, 9.17) is 0 Å². The summed E-state index contributed by atoms with van der Waals surface area (Å²) in [5, 5.41) is 9.22. The standard InChI is InChI=1S/C10H20O/c1-8-5-3-4-6-10(8)7-9(2)11/h8-11H,3-7H2,1-2H3. The smallest absolute Gasteiger partial charge is 0.0514 e. The van der Waals surface area contributed by atoms with E-state index in [1.165, 1.54) is 25.7 Å². The molecule has 0 aromatic carbocycles. The fourth-order valence-corrected chi connectivity index (χ4v) is 2.18. The molecule has 1 saturated carbocycles. The van der Waals surface area contributed by atoms with Gasteiger partial charge in [-0.15, -0.1) is 0 Å². The molecular weight excluding hydrogens is 136 g/mol. The lowest BCUT2D eigenvalue weighted by molar-refractivity contribution is 0.123. The molecule has 0 amide bonds. The van der Waals surface area contributed by atoms with Crippen LogP contribution in [-0.2, 0) is 0 Å². The Kier molecular flexibility index (Phi) is 3.38. The highest BCUT2D eigenvalue weighted by molar-refractivity contribution is 4.73. The highest BCUT2D eigenvalue weighted by Crippen LogP contribution is 2.32. The molecule has 0 heterocycles. The second-order valence-electron chi connectivity index (χ2n) is 4.11. The van der Waals surface area contributed by atoms with E-state index in [9.17, 15) is 5.11 Å². The Morgan fingerprint density at radius 1 is 1.36 bits per heavy atom. The average molecular weight is 156 g/mol. The molecule has 1 heteroatoms. The second kappa shape index (κ2) is 4.10. The molecule has 3 atom stereocenters. The van der Waals surface area contributed by atoms with Crippen molar-refractivity contribution in [2.45, 2.75) is 52.1 Å². The fourth-order valence-electron chi connectivity index (χ4n) is 2.18. The summed E-state index contributed by atoms with van der Waals surface area (Å²) >= 11 is 0. The Balaban J connectivity index is 2.29. The largest absolute Gasteiger partial charge is 0.393 e. The van der Waals surface area contributed by atoms with Crippen molar-refractivity contribution in [2.24, 2.45) is 11.8 Å². The normalized spacial score (nSPS) is 35.2. The summed E-state index contributed by atoms with van der Waals surface area (Å²) in [7, 11) is 0. The number of aliphatic hydroxyl groups excluding tert-OH is 1. The molecule has 0 spiro atoms. The predicted molar refractivity (Wildman–Crippen MR) is 47.4 cm³/mol. The Hall–Kier alpha value is -0.0400. The van der Waals surface area contributed by atoms with E-state index in [2.05, 4.69) is 6.92 Å². The zero-order chi connectivity index (χ0) is 8.27. The molecule has 0 aromatic heterocycles. The van der Waals surface area contributed by atoms with E-state index in [1.54, 1.807) is 0 Å². The molecule has 11 heavy (non-hydrogen) atoms. The number of hydrogen-bond donors (Lipinski definition) is 1. The van der Waals surface area contributed by atoms with Crippen LogP contribution in [0.15, 0.2) is 0 Å². The first-order chi connectivity index (χ1) is 5.20. The number of aliphatic hydroxyl groups is 1. The molecule has 1 nitrogen and oxygen atoms in total. The topological polar surface area (TPSA) is 20.2 Å². The van der Waals surface area contributed by atoms with Gasteiger partial charge in [0.05, 0.1) is 6.10 Å². The molecule has 1 N–H and O–H groups in total. The number of rotatable bonds is 2. The van der Waals surface area contributed by atoms with E-state index in [1.807, 2.05) is 6.92 Å². The lowest BCUT2D eigenvalue weighted by atomic mass is 9.78. The van der Waals surface area contributed by atoms with Gasteiger partial charge in [0.2, 0.25) is 0 Å². The maximum Gasteiger partial charge on any atom is 0.0514 e. The second-order valence-corrected chi connectivity index (χ2v) is 4.11. The van der Waals surface area contributed by atoms with E-state index >= 15 is 0 Å².